The van der Waals surface area contributed by atoms with Gasteiger partial charge in [-0.25, -0.2) is 9.78 Å². The van der Waals surface area contributed by atoms with Crippen LogP contribution >= 0.6 is 23.1 Å². The molecule has 16 nitrogen and oxygen atoms in total. The lowest BCUT2D eigenvalue weighted by Gasteiger charge is -2.49. The number of β-lactam (4-membered cyclic amide) rings is 1. The van der Waals surface area contributed by atoms with Crippen LogP contribution < -0.4 is 20.9 Å². The number of nitrogens with one attached hydrogen (secondary N) is 2. The normalized spacial score (nSPS) is 19.9. The molecule has 2 fully saturated rings. The first-order chi connectivity index (χ1) is 23.5. The Morgan fingerprint density at radius 1 is 1.16 bits per heavy atom. The molecule has 252 valence electrons. The molecule has 0 bridgehead atoms. The van der Waals surface area contributed by atoms with E-state index in [1.165, 1.54) is 29.3 Å². The van der Waals surface area contributed by atoms with E-state index < -0.39 is 34.9 Å². The highest BCUT2D eigenvalue weighted by Gasteiger charge is 2.54. The first-order valence-corrected chi connectivity index (χ1v) is 16.7. The number of nitrogens with two attached hydrogens (primary N) is 1. The van der Waals surface area contributed by atoms with Gasteiger partial charge in [-0.1, -0.05) is 17.3 Å². The quantitative estimate of drug-likeness (QED) is 0.0326. The number of thiazole rings is 1. The molecule has 3 aromatic rings. The number of phenols is 1. The minimum Gasteiger partial charge on any atom is -0.506 e. The van der Waals surface area contributed by atoms with E-state index in [-0.39, 0.29) is 46.4 Å². The molecule has 3 aliphatic heterocycles. The van der Waals surface area contributed by atoms with Crippen molar-refractivity contribution >= 4 is 69.2 Å². The Bertz CT molecular complexity index is 1960. The number of pyridine rings is 1. The van der Waals surface area contributed by atoms with Crippen LogP contribution in [0.5, 0.6) is 5.75 Å². The van der Waals surface area contributed by atoms with Gasteiger partial charge in [0.05, 0.1) is 5.69 Å². The molecule has 2 atom stereocenters. The summed E-state index contributed by atoms with van der Waals surface area (Å²) in [5.74, 6) is -3.34. The van der Waals surface area contributed by atoms with Crippen molar-refractivity contribution in [3.8, 4) is 5.75 Å². The van der Waals surface area contributed by atoms with Gasteiger partial charge in [0.15, 0.2) is 23.2 Å². The molecule has 0 spiro atoms. The fraction of sp³-hybridized carbons (Fsp3) is 0.226. The predicted molar refractivity (Wildman–Crippen MR) is 176 cm³/mol. The number of anilines is 2. The number of aromatic nitrogens is 2. The molecule has 6 rings (SSSR count). The number of thioether (sulfide) groups is 1. The maximum Gasteiger partial charge on any atom is 0.352 e. The Balaban J connectivity index is 1.08. The van der Waals surface area contributed by atoms with E-state index in [4.69, 9.17) is 5.73 Å². The van der Waals surface area contributed by atoms with Gasteiger partial charge < -0.3 is 36.7 Å². The van der Waals surface area contributed by atoms with Crippen molar-refractivity contribution in [3.05, 3.63) is 88.3 Å². The number of amides is 4. The Morgan fingerprint density at radius 2 is 1.92 bits per heavy atom. The van der Waals surface area contributed by atoms with Crippen LogP contribution in [-0.4, -0.2) is 89.2 Å². The van der Waals surface area contributed by atoms with Gasteiger partial charge in [0.2, 0.25) is 12.5 Å². The number of nitrogens with zero attached hydrogens (tertiary/aromatic N) is 5. The maximum absolute atomic E-state index is 13.3. The largest absolute Gasteiger partial charge is 0.506 e. The van der Waals surface area contributed by atoms with Crippen molar-refractivity contribution in [2.75, 3.05) is 23.3 Å². The molecular formula is C31H29N8O8S2+. The molecule has 1 aromatic carbocycles. The molecule has 2 saturated heterocycles. The van der Waals surface area contributed by atoms with Gasteiger partial charge in [-0.05, 0) is 35.8 Å². The number of carbonyl (C=O) groups excluding carboxylic acids is 4. The van der Waals surface area contributed by atoms with E-state index in [2.05, 4.69) is 20.8 Å². The SMILES string of the molecule is Nc1nc(C(=NO)C(=O)N[C@@H]2C(=O)N3C(C(=O)O)=C(C=C4CCN(Cc5cc[n+](CC(=O)Nc6ccccc6O)cc5)C4=O)CS[C@H]23)cs1. The van der Waals surface area contributed by atoms with Crippen molar-refractivity contribution in [1.82, 2.24) is 20.1 Å². The molecule has 0 aliphatic carbocycles. The van der Waals surface area contributed by atoms with Crippen molar-refractivity contribution in [2.24, 2.45) is 5.16 Å². The van der Waals surface area contributed by atoms with Crippen LogP contribution in [0.2, 0.25) is 0 Å². The predicted octanol–water partition coefficient (Wildman–Crippen LogP) is 0.633. The van der Waals surface area contributed by atoms with E-state index in [9.17, 15) is 39.4 Å². The number of oxime groups is 1. The number of aromatic hydroxyl groups is 1. The second-order valence-electron chi connectivity index (χ2n) is 11.1. The van der Waals surface area contributed by atoms with Gasteiger partial charge in [-0.3, -0.25) is 24.1 Å². The fourth-order valence-electron chi connectivity index (χ4n) is 5.59. The van der Waals surface area contributed by atoms with Crippen LogP contribution in [0.1, 0.15) is 17.7 Å². The van der Waals surface area contributed by atoms with Crippen LogP contribution in [-0.2, 0) is 37.1 Å². The average molecular weight is 706 g/mol. The number of hydrogen-bond acceptors (Lipinski definition) is 12. The molecule has 5 heterocycles. The standard InChI is InChI=1S/C31H28N8O8S2/c32-31-34-20(15-49-31)23(36-47)26(42)35-24-28(44)39-25(30(45)46)18(14-48-29(24)39)11-17-7-10-38(27(17)43)12-16-5-8-37(9-6-16)13-22(41)33-19-3-1-2-4-21(19)40/h1-6,8-9,11,15,24,29H,7,10,12-14H2,(H6-,32,33,34,35,36,40,41,42,45,46,47)/p+1/t24-,29-/m1/s1. The molecule has 49 heavy (non-hydrogen) atoms. The minimum absolute atomic E-state index is 0.0107. The number of fused-ring (bicyclic) bond motifs is 1. The number of hydrogen-bond donors (Lipinski definition) is 6. The lowest BCUT2D eigenvalue weighted by Crippen LogP contribution is -2.71. The average Bonchev–Trinajstić information content (AvgIpc) is 3.66. The van der Waals surface area contributed by atoms with Crippen molar-refractivity contribution in [2.45, 2.75) is 30.9 Å². The summed E-state index contributed by atoms with van der Waals surface area (Å²) >= 11 is 2.27. The van der Waals surface area contributed by atoms with Gasteiger partial charge in [-0.2, -0.15) is 4.57 Å². The van der Waals surface area contributed by atoms with Crippen molar-refractivity contribution in [1.29, 1.82) is 0 Å². The third kappa shape index (κ3) is 6.81. The number of benzene rings is 1. The summed E-state index contributed by atoms with van der Waals surface area (Å²) < 4.78 is 1.66. The molecule has 7 N–H and O–H groups in total. The Kier molecular flexibility index (Phi) is 9.32. The summed E-state index contributed by atoms with van der Waals surface area (Å²) in [6.07, 6.45) is 5.32. The second kappa shape index (κ2) is 13.8. The molecular weight excluding hydrogens is 677 g/mol. The summed E-state index contributed by atoms with van der Waals surface area (Å²) in [4.78, 5) is 70.6. The molecule has 3 aliphatic rings. The summed E-state index contributed by atoms with van der Waals surface area (Å²) in [5, 5.41) is 38.3. The van der Waals surface area contributed by atoms with E-state index in [1.807, 2.05) is 0 Å². The zero-order valence-electron chi connectivity index (χ0n) is 25.5. The first kappa shape index (κ1) is 33.2. The van der Waals surface area contributed by atoms with Crippen molar-refractivity contribution < 1.29 is 44.0 Å². The monoisotopic (exact) mass is 705 g/mol. The molecule has 4 amide bonds. The number of aliphatic carboxylic acids is 1. The Hall–Kier alpha value is -5.75. The Morgan fingerprint density at radius 3 is 2.59 bits per heavy atom. The number of carboxylic acids is 1. The highest BCUT2D eigenvalue weighted by Crippen LogP contribution is 2.41. The number of carbonyl (C=O) groups is 5. The summed E-state index contributed by atoms with van der Waals surface area (Å²) in [6, 6.07) is 8.93. The molecule has 0 radical (unpaired) electrons. The van der Waals surface area contributed by atoms with Crippen molar-refractivity contribution in [3.63, 3.8) is 0 Å². The van der Waals surface area contributed by atoms with Crippen LogP contribution in [0.3, 0.4) is 0 Å². The van der Waals surface area contributed by atoms with E-state index in [0.717, 1.165) is 21.8 Å². The number of carboxylic acid groups (broad SMARTS) is 1. The third-order valence-corrected chi connectivity index (χ3v) is 9.94. The number of likely N-dealkylation sites (tertiary alicyclic amines) is 1. The lowest BCUT2D eigenvalue weighted by molar-refractivity contribution is -0.684. The highest BCUT2D eigenvalue weighted by atomic mass is 32.2. The number of nitrogen functional groups attached to an aromatic ring is 1. The topological polar surface area (TPSA) is 232 Å². The summed E-state index contributed by atoms with van der Waals surface area (Å²) in [7, 11) is 0. The Labute approximate surface area is 286 Å². The summed E-state index contributed by atoms with van der Waals surface area (Å²) in [6.45, 7) is 0.711. The molecule has 2 aromatic heterocycles. The second-order valence-corrected chi connectivity index (χ2v) is 13.1. The zero-order chi connectivity index (χ0) is 34.8. The summed E-state index contributed by atoms with van der Waals surface area (Å²) in [5.41, 5.74) is 6.76. The van der Waals surface area contributed by atoms with Gasteiger partial charge >= 0.3 is 5.97 Å². The van der Waals surface area contributed by atoms with Crippen LogP contribution in [0, 0.1) is 0 Å². The fourth-order valence-corrected chi connectivity index (χ4v) is 7.44. The van der Waals surface area contributed by atoms with Crippen LogP contribution in [0.15, 0.2) is 82.2 Å². The minimum atomic E-state index is -1.35. The first-order valence-electron chi connectivity index (χ1n) is 14.7. The number of para-hydroxylation sites is 2. The number of phenolic OH excluding ortho intramolecular Hbond substituents is 1. The van der Waals surface area contributed by atoms with Gasteiger partial charge in [0, 0.05) is 41.9 Å². The van der Waals surface area contributed by atoms with E-state index in [0.29, 0.717) is 36.3 Å². The molecule has 0 saturated carbocycles. The van der Waals surface area contributed by atoms with Crippen LogP contribution in [0.4, 0.5) is 10.8 Å². The highest BCUT2D eigenvalue weighted by molar-refractivity contribution is 8.00. The van der Waals surface area contributed by atoms with Gasteiger partial charge in [0.1, 0.15) is 28.6 Å². The maximum atomic E-state index is 13.3. The zero-order valence-corrected chi connectivity index (χ0v) is 27.1. The molecule has 0 unspecified atom stereocenters. The van der Waals surface area contributed by atoms with Gasteiger partial charge in [0.25, 0.3) is 17.7 Å². The number of rotatable bonds is 10. The lowest BCUT2D eigenvalue weighted by atomic mass is 10.0. The van der Waals surface area contributed by atoms with E-state index >= 15 is 0 Å². The molecule has 18 heteroatoms. The van der Waals surface area contributed by atoms with E-state index in [1.54, 1.807) is 52.2 Å². The smallest absolute Gasteiger partial charge is 0.352 e. The number of allylic oxidation sites excluding steroid dienone is 1. The third-order valence-electron chi connectivity index (χ3n) is 7.97. The van der Waals surface area contributed by atoms with Gasteiger partial charge in [-0.15, -0.1) is 23.1 Å². The van der Waals surface area contributed by atoms with Crippen LogP contribution in [0.25, 0.3) is 0 Å².